The number of unbranched alkanes of at least 4 members (excludes halogenated alkanes) is 1. The third kappa shape index (κ3) is 25.3. The molecule has 1 nitrogen and oxygen atoms in total. The zero-order valence-corrected chi connectivity index (χ0v) is 5.96. The first-order chi connectivity index (χ1) is 2.91. The quantitative estimate of drug-likeness (QED) is 0.574. The molecule has 0 saturated heterocycles. The second-order valence-electron chi connectivity index (χ2n) is 1.000. The SMILES string of the molecule is CCCC.NBr. The summed E-state index contributed by atoms with van der Waals surface area (Å²) in [6.07, 6.45) is 2.64. The van der Waals surface area contributed by atoms with Crippen LogP contribution in [0.3, 0.4) is 0 Å². The molecule has 0 aliphatic rings. The van der Waals surface area contributed by atoms with E-state index in [0.29, 0.717) is 0 Å². The van der Waals surface area contributed by atoms with Gasteiger partial charge in [-0.05, 0) is 0 Å². The van der Waals surface area contributed by atoms with Crippen LogP contribution in [0.4, 0.5) is 0 Å². The van der Waals surface area contributed by atoms with Gasteiger partial charge < -0.3 is 0 Å². The number of hydrogen-bond acceptors (Lipinski definition) is 1. The first-order valence-electron chi connectivity index (χ1n) is 2.13. The van der Waals surface area contributed by atoms with Gasteiger partial charge in [0.05, 0.1) is 0 Å². The second kappa shape index (κ2) is 18.0. The minimum atomic E-state index is 1.32. The summed E-state index contributed by atoms with van der Waals surface area (Å²) in [5.74, 6) is 0. The zero-order valence-electron chi connectivity index (χ0n) is 4.37. The van der Waals surface area contributed by atoms with E-state index in [2.05, 4.69) is 34.8 Å². The molecule has 0 unspecified atom stereocenters. The molecule has 0 aromatic rings. The summed E-state index contributed by atoms with van der Waals surface area (Å²) in [6.45, 7) is 4.36. The number of nitrogens with two attached hydrogens (primary N) is 1. The van der Waals surface area contributed by atoms with Crippen LogP contribution in [0.5, 0.6) is 0 Å². The van der Waals surface area contributed by atoms with E-state index in [0.717, 1.165) is 0 Å². The Morgan fingerprint density at radius 1 is 1.17 bits per heavy atom. The molecule has 2 heteroatoms. The molecule has 0 amide bonds. The van der Waals surface area contributed by atoms with E-state index in [1.54, 1.807) is 0 Å². The van der Waals surface area contributed by atoms with Gasteiger partial charge in [-0.1, -0.05) is 26.7 Å². The van der Waals surface area contributed by atoms with Crippen LogP contribution < -0.4 is 4.76 Å². The lowest BCUT2D eigenvalue weighted by Gasteiger charge is -1.68. The van der Waals surface area contributed by atoms with Crippen LogP contribution in [-0.4, -0.2) is 0 Å². The lowest BCUT2D eigenvalue weighted by Crippen LogP contribution is -1.47. The zero-order chi connectivity index (χ0) is 5.41. The van der Waals surface area contributed by atoms with Crippen LogP contribution in [0.25, 0.3) is 0 Å². The maximum absolute atomic E-state index is 4.31. The molecule has 0 radical (unpaired) electrons. The van der Waals surface area contributed by atoms with Crippen LogP contribution in [-0.2, 0) is 0 Å². The molecule has 0 rings (SSSR count). The highest BCUT2D eigenvalue weighted by atomic mass is 79.9. The van der Waals surface area contributed by atoms with Crippen molar-refractivity contribution in [1.29, 1.82) is 0 Å². The lowest BCUT2D eigenvalue weighted by atomic mass is 10.4. The van der Waals surface area contributed by atoms with E-state index in [1.807, 2.05) is 0 Å². The Morgan fingerprint density at radius 3 is 1.33 bits per heavy atom. The largest absolute Gasteiger partial charge is 0.270 e. The Labute approximate surface area is 48.3 Å². The van der Waals surface area contributed by atoms with Gasteiger partial charge >= 0.3 is 0 Å². The summed E-state index contributed by atoms with van der Waals surface area (Å²) < 4.78 is 4.31. The van der Waals surface area contributed by atoms with Crippen molar-refractivity contribution < 1.29 is 0 Å². The molecule has 2 N–H and O–H groups in total. The van der Waals surface area contributed by atoms with Crippen molar-refractivity contribution in [3.8, 4) is 0 Å². The minimum Gasteiger partial charge on any atom is -0.270 e. The topological polar surface area (TPSA) is 26.0 Å². The molecular formula is C4H12BrN. The van der Waals surface area contributed by atoms with Crippen molar-refractivity contribution in [1.82, 2.24) is 0 Å². The third-order valence-corrected chi connectivity index (χ3v) is 0.500. The first kappa shape index (κ1) is 9.67. The van der Waals surface area contributed by atoms with Crippen molar-refractivity contribution in [2.24, 2.45) is 4.76 Å². The molecular weight excluding hydrogens is 142 g/mol. The van der Waals surface area contributed by atoms with E-state index < -0.39 is 0 Å². The molecule has 40 valence electrons. The summed E-state index contributed by atoms with van der Waals surface area (Å²) in [4.78, 5) is 0. The average Bonchev–Trinajstić information content (AvgIpc) is 1.72. The van der Waals surface area contributed by atoms with Crippen LogP contribution in [0, 0.1) is 0 Å². The minimum absolute atomic E-state index is 1.32. The van der Waals surface area contributed by atoms with Crippen molar-refractivity contribution in [2.45, 2.75) is 26.7 Å². The summed E-state index contributed by atoms with van der Waals surface area (Å²) in [5, 5.41) is 0. The average molecular weight is 154 g/mol. The van der Waals surface area contributed by atoms with Crippen LogP contribution in [0.2, 0.25) is 0 Å². The summed E-state index contributed by atoms with van der Waals surface area (Å²) in [5.41, 5.74) is 0. The fourth-order valence-corrected chi connectivity index (χ4v) is 0. The fraction of sp³-hybridized carbons (Fsp3) is 1.00. The van der Waals surface area contributed by atoms with Crippen LogP contribution in [0.15, 0.2) is 0 Å². The van der Waals surface area contributed by atoms with Gasteiger partial charge in [0.15, 0.2) is 0 Å². The molecule has 0 saturated carbocycles. The van der Waals surface area contributed by atoms with Crippen LogP contribution >= 0.6 is 16.1 Å². The molecule has 6 heavy (non-hydrogen) atoms. The lowest BCUT2D eigenvalue weighted by molar-refractivity contribution is 0.886. The Kier molecular flexibility index (Phi) is 29.0. The molecule has 0 bridgehead atoms. The van der Waals surface area contributed by atoms with E-state index in [-0.39, 0.29) is 0 Å². The summed E-state index contributed by atoms with van der Waals surface area (Å²) in [6, 6.07) is 0. The van der Waals surface area contributed by atoms with E-state index in [9.17, 15) is 0 Å². The smallest absolute Gasteiger partial charge is 0.00554 e. The third-order valence-electron chi connectivity index (χ3n) is 0.500. The van der Waals surface area contributed by atoms with Crippen molar-refractivity contribution in [3.05, 3.63) is 0 Å². The monoisotopic (exact) mass is 153 g/mol. The molecule has 0 fully saturated rings. The Hall–Kier alpha value is 0.440. The standard InChI is InChI=1S/C4H10.BrH2N/c1-3-4-2;1-2/h3-4H2,1-2H3;2H2. The van der Waals surface area contributed by atoms with Crippen molar-refractivity contribution >= 4 is 16.1 Å². The first-order valence-corrected chi connectivity index (χ1v) is 3.05. The van der Waals surface area contributed by atoms with Crippen molar-refractivity contribution in [3.63, 3.8) is 0 Å². The van der Waals surface area contributed by atoms with E-state index >= 15 is 0 Å². The molecule has 0 atom stereocenters. The van der Waals surface area contributed by atoms with Gasteiger partial charge in [-0.15, -0.1) is 0 Å². The summed E-state index contributed by atoms with van der Waals surface area (Å²) in [7, 11) is 0. The molecule has 0 aromatic carbocycles. The Balaban J connectivity index is 0. The molecule has 0 heterocycles. The van der Waals surface area contributed by atoms with Gasteiger partial charge in [-0.2, -0.15) is 0 Å². The summed E-state index contributed by atoms with van der Waals surface area (Å²) >= 11 is 2.44. The predicted octanol–water partition coefficient (Wildman–Crippen LogP) is 2.06. The highest BCUT2D eigenvalue weighted by Gasteiger charge is 1.56. The van der Waals surface area contributed by atoms with Gasteiger partial charge in [0.2, 0.25) is 0 Å². The van der Waals surface area contributed by atoms with E-state index in [1.165, 1.54) is 12.8 Å². The van der Waals surface area contributed by atoms with Crippen molar-refractivity contribution in [2.75, 3.05) is 0 Å². The molecule has 0 aliphatic carbocycles. The van der Waals surface area contributed by atoms with Crippen LogP contribution in [0.1, 0.15) is 26.7 Å². The number of halogens is 1. The predicted molar refractivity (Wildman–Crippen MR) is 33.7 cm³/mol. The number of rotatable bonds is 1. The van der Waals surface area contributed by atoms with Gasteiger partial charge in [0.1, 0.15) is 0 Å². The Bertz CT molecular complexity index is 9.51. The van der Waals surface area contributed by atoms with Gasteiger partial charge in [-0.3, -0.25) is 4.76 Å². The fourth-order valence-electron chi connectivity index (χ4n) is 0. The number of hydrogen-bond donors (Lipinski definition) is 1. The van der Waals surface area contributed by atoms with Gasteiger partial charge in [-0.25, -0.2) is 0 Å². The maximum Gasteiger partial charge on any atom is 0.00554 e. The highest BCUT2D eigenvalue weighted by Crippen LogP contribution is 1.76. The molecule has 0 spiro atoms. The van der Waals surface area contributed by atoms with E-state index in [4.69, 9.17) is 0 Å². The molecule has 0 aliphatic heterocycles. The second-order valence-corrected chi connectivity index (χ2v) is 1.000. The maximum atomic E-state index is 4.31. The highest BCUT2D eigenvalue weighted by molar-refractivity contribution is 9.07. The molecule has 0 aromatic heterocycles. The van der Waals surface area contributed by atoms with Gasteiger partial charge in [0.25, 0.3) is 0 Å². The van der Waals surface area contributed by atoms with Gasteiger partial charge in [0, 0.05) is 16.1 Å². The Morgan fingerprint density at radius 2 is 1.33 bits per heavy atom. The normalized spacial score (nSPS) is 6.00.